The molecule has 10 heteroatoms. The third-order valence-electron chi connectivity index (χ3n) is 2.19. The first kappa shape index (κ1) is 17.8. The fourth-order valence-corrected chi connectivity index (χ4v) is 2.65. The zero-order valence-corrected chi connectivity index (χ0v) is 12.5. The number of thioether (sulfide) groups is 1. The van der Waals surface area contributed by atoms with Gasteiger partial charge in [0, 0.05) is 5.69 Å². The summed E-state index contributed by atoms with van der Waals surface area (Å²) in [5.74, 6) is -0.0130. The lowest BCUT2D eigenvalue weighted by atomic mass is 10.3. The number of alkyl halides is 3. The third kappa shape index (κ3) is 6.36. The van der Waals surface area contributed by atoms with Gasteiger partial charge in [-0.3, -0.25) is 4.79 Å². The molecule has 2 N–H and O–H groups in total. The first-order valence-electron chi connectivity index (χ1n) is 5.59. The number of nitrogens with one attached hydrogen (secondary N) is 2. The monoisotopic (exact) mass is 342 g/mol. The molecule has 0 bridgehead atoms. The highest BCUT2D eigenvalue weighted by Crippen LogP contribution is 2.17. The van der Waals surface area contributed by atoms with Gasteiger partial charge < -0.3 is 5.32 Å². The molecule has 1 rings (SSSR count). The van der Waals surface area contributed by atoms with E-state index in [1.54, 1.807) is 6.26 Å². The van der Waals surface area contributed by atoms with Gasteiger partial charge in [-0.2, -0.15) is 24.9 Å². The SMILES string of the molecule is CSCC(=O)Nc1ccc(S(=O)(=O)NCC(F)(F)F)cc1. The summed E-state index contributed by atoms with van der Waals surface area (Å²) >= 11 is 1.32. The number of hydrogen-bond acceptors (Lipinski definition) is 4. The maximum atomic E-state index is 12.0. The van der Waals surface area contributed by atoms with Crippen LogP contribution in [-0.2, 0) is 14.8 Å². The molecule has 0 atom stereocenters. The first-order valence-corrected chi connectivity index (χ1v) is 8.47. The van der Waals surface area contributed by atoms with E-state index < -0.39 is 22.7 Å². The van der Waals surface area contributed by atoms with Gasteiger partial charge in [0.15, 0.2) is 0 Å². The van der Waals surface area contributed by atoms with Crippen LogP contribution in [0.2, 0.25) is 0 Å². The van der Waals surface area contributed by atoms with Crippen molar-refractivity contribution in [1.82, 2.24) is 4.72 Å². The van der Waals surface area contributed by atoms with E-state index in [9.17, 15) is 26.4 Å². The summed E-state index contributed by atoms with van der Waals surface area (Å²) in [6.07, 6.45) is -2.87. The number of amides is 1. The number of hydrogen-bond donors (Lipinski definition) is 2. The summed E-state index contributed by atoms with van der Waals surface area (Å²) in [7, 11) is -4.24. The van der Waals surface area contributed by atoms with Gasteiger partial charge in [-0.05, 0) is 30.5 Å². The summed E-state index contributed by atoms with van der Waals surface area (Å²) in [4.78, 5) is 11.0. The molecule has 21 heavy (non-hydrogen) atoms. The second-order valence-corrected chi connectivity index (χ2v) is 6.58. The van der Waals surface area contributed by atoms with Crippen LogP contribution in [0.4, 0.5) is 18.9 Å². The molecular formula is C11H13F3N2O3S2. The molecular weight excluding hydrogens is 329 g/mol. The predicted molar refractivity (Wildman–Crippen MR) is 74.7 cm³/mol. The van der Waals surface area contributed by atoms with Gasteiger partial charge in [-0.15, -0.1) is 0 Å². The molecule has 0 unspecified atom stereocenters. The van der Waals surface area contributed by atoms with Crippen molar-refractivity contribution in [2.45, 2.75) is 11.1 Å². The summed E-state index contributed by atoms with van der Waals surface area (Å²) in [6.45, 7) is -1.64. The van der Waals surface area contributed by atoms with Crippen LogP contribution < -0.4 is 10.0 Å². The Labute approximate surface area is 124 Å². The van der Waals surface area contributed by atoms with Crippen LogP contribution in [0.15, 0.2) is 29.2 Å². The Hall–Kier alpha value is -1.26. The number of anilines is 1. The summed E-state index contributed by atoms with van der Waals surface area (Å²) in [5.41, 5.74) is 0.365. The van der Waals surface area contributed by atoms with Crippen molar-refractivity contribution < 1.29 is 26.4 Å². The van der Waals surface area contributed by atoms with Crippen LogP contribution in [0.3, 0.4) is 0 Å². The Bertz CT molecular complexity index is 586. The van der Waals surface area contributed by atoms with E-state index in [1.165, 1.54) is 28.6 Å². The second-order valence-electron chi connectivity index (χ2n) is 3.95. The van der Waals surface area contributed by atoms with Crippen molar-refractivity contribution in [3.05, 3.63) is 24.3 Å². The normalized spacial score (nSPS) is 12.2. The number of carbonyl (C=O) groups is 1. The molecule has 1 amide bonds. The molecule has 0 radical (unpaired) electrons. The third-order valence-corrected chi connectivity index (χ3v) is 4.15. The van der Waals surface area contributed by atoms with Gasteiger partial charge in [0.25, 0.3) is 0 Å². The van der Waals surface area contributed by atoms with Crippen molar-refractivity contribution in [2.75, 3.05) is 23.9 Å². The van der Waals surface area contributed by atoms with Crippen molar-refractivity contribution in [3.8, 4) is 0 Å². The minimum absolute atomic E-state index is 0.243. The Balaban J connectivity index is 2.75. The van der Waals surface area contributed by atoms with Crippen LogP contribution >= 0.6 is 11.8 Å². The lowest BCUT2D eigenvalue weighted by Gasteiger charge is -2.10. The van der Waals surface area contributed by atoms with E-state index in [0.717, 1.165) is 12.1 Å². The standard InChI is InChI=1S/C11H13F3N2O3S2/c1-20-6-10(17)16-8-2-4-9(5-3-8)21(18,19)15-7-11(12,13)14/h2-5,15H,6-7H2,1H3,(H,16,17). The van der Waals surface area contributed by atoms with Gasteiger partial charge in [0.2, 0.25) is 15.9 Å². The Morgan fingerprint density at radius 1 is 1.24 bits per heavy atom. The van der Waals surface area contributed by atoms with Crippen LogP contribution in [0, 0.1) is 0 Å². The first-order chi connectivity index (χ1) is 9.64. The lowest BCUT2D eigenvalue weighted by molar-refractivity contribution is -0.121. The molecule has 0 aliphatic carbocycles. The van der Waals surface area contributed by atoms with Crippen LogP contribution in [0.1, 0.15) is 0 Å². The highest BCUT2D eigenvalue weighted by atomic mass is 32.2. The molecule has 1 aromatic rings. The molecule has 0 aliphatic rings. The highest BCUT2D eigenvalue weighted by Gasteiger charge is 2.29. The van der Waals surface area contributed by atoms with Crippen LogP contribution in [-0.4, -0.2) is 39.1 Å². The van der Waals surface area contributed by atoms with Gasteiger partial charge in [0.05, 0.1) is 10.6 Å². The maximum Gasteiger partial charge on any atom is 0.402 e. The number of carbonyl (C=O) groups excluding carboxylic acids is 1. The number of sulfonamides is 1. The van der Waals surface area contributed by atoms with E-state index in [-0.39, 0.29) is 16.6 Å². The van der Waals surface area contributed by atoms with Gasteiger partial charge >= 0.3 is 6.18 Å². The Kier molecular flexibility index (Phi) is 6.05. The van der Waals surface area contributed by atoms with Gasteiger partial charge in [0.1, 0.15) is 6.54 Å². The summed E-state index contributed by atoms with van der Waals surface area (Å²) < 4.78 is 60.7. The van der Waals surface area contributed by atoms with E-state index >= 15 is 0 Å². The smallest absolute Gasteiger partial charge is 0.325 e. The fraction of sp³-hybridized carbons (Fsp3) is 0.364. The van der Waals surface area contributed by atoms with Crippen molar-refractivity contribution in [3.63, 3.8) is 0 Å². The molecule has 0 aliphatic heterocycles. The zero-order valence-electron chi connectivity index (χ0n) is 10.9. The molecule has 118 valence electrons. The molecule has 0 spiro atoms. The van der Waals surface area contributed by atoms with E-state index in [0.29, 0.717) is 5.69 Å². The molecule has 0 heterocycles. The molecule has 1 aromatic carbocycles. The average Bonchev–Trinajstić information content (AvgIpc) is 2.37. The van der Waals surface area contributed by atoms with Gasteiger partial charge in [-0.1, -0.05) is 0 Å². The van der Waals surface area contributed by atoms with Crippen LogP contribution in [0.25, 0.3) is 0 Å². The molecule has 0 fully saturated rings. The lowest BCUT2D eigenvalue weighted by Crippen LogP contribution is -2.33. The maximum absolute atomic E-state index is 12.0. The molecule has 0 saturated heterocycles. The number of rotatable bonds is 6. The predicted octanol–water partition coefficient (Wildman–Crippen LogP) is 1.83. The molecule has 0 saturated carbocycles. The average molecular weight is 342 g/mol. The van der Waals surface area contributed by atoms with Crippen LogP contribution in [0.5, 0.6) is 0 Å². The summed E-state index contributed by atoms with van der Waals surface area (Å²) in [6, 6.07) is 4.85. The van der Waals surface area contributed by atoms with Gasteiger partial charge in [-0.25, -0.2) is 13.1 Å². The van der Waals surface area contributed by atoms with E-state index in [1.807, 2.05) is 0 Å². The fourth-order valence-electron chi connectivity index (χ4n) is 1.31. The second kappa shape index (κ2) is 7.14. The van der Waals surface area contributed by atoms with E-state index in [2.05, 4.69) is 5.32 Å². The quantitative estimate of drug-likeness (QED) is 0.827. The van der Waals surface area contributed by atoms with Crippen molar-refractivity contribution >= 4 is 33.4 Å². The van der Waals surface area contributed by atoms with E-state index in [4.69, 9.17) is 0 Å². The minimum atomic E-state index is -4.63. The largest absolute Gasteiger partial charge is 0.402 e. The Morgan fingerprint density at radius 2 is 1.81 bits per heavy atom. The number of benzene rings is 1. The topological polar surface area (TPSA) is 75.3 Å². The molecule has 5 nitrogen and oxygen atoms in total. The summed E-state index contributed by atoms with van der Waals surface area (Å²) in [5, 5.41) is 2.52. The highest BCUT2D eigenvalue weighted by molar-refractivity contribution is 7.99. The Morgan fingerprint density at radius 3 is 2.29 bits per heavy atom. The minimum Gasteiger partial charge on any atom is -0.325 e. The van der Waals surface area contributed by atoms with Crippen molar-refractivity contribution in [2.24, 2.45) is 0 Å². The zero-order chi connectivity index (χ0) is 16.1. The molecule has 0 aromatic heterocycles. The van der Waals surface area contributed by atoms with Crippen molar-refractivity contribution in [1.29, 1.82) is 0 Å². The number of halogens is 3.